The fourth-order valence-corrected chi connectivity index (χ4v) is 2.99. The van der Waals surface area contributed by atoms with E-state index in [0.29, 0.717) is 6.07 Å². The Morgan fingerprint density at radius 1 is 1.09 bits per heavy atom. The van der Waals surface area contributed by atoms with Crippen molar-refractivity contribution in [3.05, 3.63) is 23.8 Å². The molecule has 1 fully saturated rings. The fourth-order valence-electron chi connectivity index (χ4n) is 2.16. The zero-order chi connectivity index (χ0) is 17.8. The number of alkyl halides is 3. The Morgan fingerprint density at radius 3 is 1.96 bits per heavy atom. The van der Waals surface area contributed by atoms with Crippen LogP contribution < -0.4 is 10.8 Å². The van der Waals surface area contributed by atoms with Crippen LogP contribution in [-0.2, 0) is 20.1 Å². The normalized spacial score (nSPS) is 20.8. The molecule has 0 unspecified atom stereocenters. The zero-order valence-corrected chi connectivity index (χ0v) is 13.9. The van der Waals surface area contributed by atoms with Gasteiger partial charge in [-0.05, 0) is 45.3 Å². The van der Waals surface area contributed by atoms with Gasteiger partial charge in [0.15, 0.2) is 0 Å². The molecular formula is C13H17BF3O5P. The average molecular weight is 352 g/mol. The molecule has 1 aliphatic rings. The minimum absolute atomic E-state index is 0.120. The maximum Gasteiger partial charge on any atom is 0.494 e. The van der Waals surface area contributed by atoms with E-state index in [-0.39, 0.29) is 5.46 Å². The summed E-state index contributed by atoms with van der Waals surface area (Å²) in [5, 5.41) is -1.09. The molecule has 1 aliphatic heterocycles. The van der Waals surface area contributed by atoms with E-state index in [1.54, 1.807) is 27.7 Å². The average Bonchev–Trinajstić information content (AvgIpc) is 2.55. The van der Waals surface area contributed by atoms with Crippen LogP contribution in [0.3, 0.4) is 0 Å². The minimum Gasteiger partial charge on any atom is -0.399 e. The smallest absolute Gasteiger partial charge is 0.399 e. The van der Waals surface area contributed by atoms with Crippen molar-refractivity contribution >= 4 is 25.5 Å². The third kappa shape index (κ3) is 3.49. The Hall–Kier alpha value is -0.855. The second kappa shape index (κ2) is 5.32. The molecule has 1 aromatic rings. The molecule has 23 heavy (non-hydrogen) atoms. The Balaban J connectivity index is 2.50. The monoisotopic (exact) mass is 352 g/mol. The number of halogens is 3. The SMILES string of the molecule is CC1(C)OB(c2ccc(C(F)(F)F)c(P(=O)(O)O)c2)OC1(C)C. The van der Waals surface area contributed by atoms with Gasteiger partial charge in [-0.2, -0.15) is 13.2 Å². The quantitative estimate of drug-likeness (QED) is 0.627. The van der Waals surface area contributed by atoms with E-state index in [2.05, 4.69) is 0 Å². The molecule has 5 nitrogen and oxygen atoms in total. The van der Waals surface area contributed by atoms with Crippen molar-refractivity contribution in [2.45, 2.75) is 45.1 Å². The molecule has 128 valence electrons. The molecule has 0 aliphatic carbocycles. The fraction of sp³-hybridized carbons (Fsp3) is 0.538. The van der Waals surface area contributed by atoms with Gasteiger partial charge in [0, 0.05) is 0 Å². The molecule has 0 atom stereocenters. The van der Waals surface area contributed by atoms with Crippen LogP contribution in [0.4, 0.5) is 13.2 Å². The molecule has 1 aromatic carbocycles. The van der Waals surface area contributed by atoms with Crippen LogP contribution >= 0.6 is 7.60 Å². The molecule has 0 radical (unpaired) electrons. The highest BCUT2D eigenvalue weighted by molar-refractivity contribution is 7.60. The Bertz CT molecular complexity index is 652. The molecule has 1 heterocycles. The molecule has 2 rings (SSSR count). The molecule has 10 heteroatoms. The topological polar surface area (TPSA) is 76.0 Å². The predicted molar refractivity (Wildman–Crippen MR) is 78.8 cm³/mol. The summed E-state index contributed by atoms with van der Waals surface area (Å²) in [6.45, 7) is 7.06. The van der Waals surface area contributed by atoms with Gasteiger partial charge in [0.05, 0.1) is 22.1 Å². The second-order valence-electron chi connectivity index (χ2n) is 6.41. The maximum absolute atomic E-state index is 12.9. The van der Waals surface area contributed by atoms with Crippen molar-refractivity contribution in [2.24, 2.45) is 0 Å². The summed E-state index contributed by atoms with van der Waals surface area (Å²) in [6, 6.07) is 2.53. The third-order valence-corrected chi connectivity index (χ3v) is 5.16. The van der Waals surface area contributed by atoms with Crippen molar-refractivity contribution < 1.29 is 36.8 Å². The molecule has 0 bridgehead atoms. The van der Waals surface area contributed by atoms with Gasteiger partial charge in [-0.3, -0.25) is 4.57 Å². The van der Waals surface area contributed by atoms with Gasteiger partial charge in [-0.1, -0.05) is 6.07 Å². The number of rotatable bonds is 2. The van der Waals surface area contributed by atoms with Crippen molar-refractivity contribution in [1.29, 1.82) is 0 Å². The van der Waals surface area contributed by atoms with Crippen molar-refractivity contribution in [3.8, 4) is 0 Å². The first-order valence-electron chi connectivity index (χ1n) is 6.78. The Morgan fingerprint density at radius 2 is 1.57 bits per heavy atom. The number of hydrogen-bond acceptors (Lipinski definition) is 3. The lowest BCUT2D eigenvalue weighted by atomic mass is 9.79. The maximum atomic E-state index is 12.9. The largest absolute Gasteiger partial charge is 0.494 e. The first-order valence-corrected chi connectivity index (χ1v) is 8.39. The molecule has 2 N–H and O–H groups in total. The molecule has 0 aromatic heterocycles. The van der Waals surface area contributed by atoms with Gasteiger partial charge in [0.2, 0.25) is 0 Å². The van der Waals surface area contributed by atoms with E-state index in [0.717, 1.165) is 12.1 Å². The van der Waals surface area contributed by atoms with Crippen LogP contribution in [0.5, 0.6) is 0 Å². The molecule has 0 saturated carbocycles. The highest BCUT2D eigenvalue weighted by atomic mass is 31.2. The van der Waals surface area contributed by atoms with Gasteiger partial charge < -0.3 is 19.1 Å². The lowest BCUT2D eigenvalue weighted by Crippen LogP contribution is -2.41. The van der Waals surface area contributed by atoms with Gasteiger partial charge in [0.25, 0.3) is 0 Å². The second-order valence-corrected chi connectivity index (χ2v) is 7.98. The summed E-state index contributed by atoms with van der Waals surface area (Å²) >= 11 is 0. The van der Waals surface area contributed by atoms with E-state index in [4.69, 9.17) is 9.31 Å². The highest BCUT2D eigenvalue weighted by Gasteiger charge is 2.52. The summed E-state index contributed by atoms with van der Waals surface area (Å²) < 4.78 is 61.6. The molecule has 0 amide bonds. The van der Waals surface area contributed by atoms with Crippen molar-refractivity contribution in [2.75, 3.05) is 0 Å². The Labute approximate surface area is 132 Å². The third-order valence-electron chi connectivity index (χ3n) is 4.17. The first kappa shape index (κ1) is 18.5. The number of hydrogen-bond donors (Lipinski definition) is 2. The zero-order valence-electron chi connectivity index (χ0n) is 13.0. The molecular weight excluding hydrogens is 335 g/mol. The lowest BCUT2D eigenvalue weighted by molar-refractivity contribution is -0.136. The van der Waals surface area contributed by atoms with Gasteiger partial charge in [-0.15, -0.1) is 0 Å². The summed E-state index contributed by atoms with van der Waals surface area (Å²) in [4.78, 5) is 18.5. The van der Waals surface area contributed by atoms with E-state index < -0.39 is 43.0 Å². The first-order chi connectivity index (χ1) is 10.2. The van der Waals surface area contributed by atoms with E-state index in [1.807, 2.05) is 0 Å². The molecule has 0 spiro atoms. The standard InChI is InChI=1S/C13H17BF3O5P/c1-11(2)12(3,4)22-14(21-11)8-5-6-9(13(15,16)17)10(7-8)23(18,19)20/h5-7H,1-4H3,(H2,18,19,20). The summed E-state index contributed by atoms with van der Waals surface area (Å²) in [7, 11) is -6.12. The van der Waals surface area contributed by atoms with Gasteiger partial charge in [-0.25, -0.2) is 0 Å². The predicted octanol–water partition coefficient (Wildman–Crippen LogP) is 1.81. The van der Waals surface area contributed by atoms with E-state index >= 15 is 0 Å². The van der Waals surface area contributed by atoms with Crippen molar-refractivity contribution in [3.63, 3.8) is 0 Å². The summed E-state index contributed by atoms with van der Waals surface area (Å²) in [6.07, 6.45) is -4.87. The number of benzene rings is 1. The van der Waals surface area contributed by atoms with Crippen LogP contribution in [0, 0.1) is 0 Å². The minimum atomic E-state index is -5.11. The van der Waals surface area contributed by atoms with Crippen LogP contribution in [0.1, 0.15) is 33.3 Å². The Kier molecular flexibility index (Phi) is 4.28. The highest BCUT2D eigenvalue weighted by Crippen LogP contribution is 2.41. The van der Waals surface area contributed by atoms with Gasteiger partial charge >= 0.3 is 20.9 Å². The summed E-state index contributed by atoms with van der Waals surface area (Å²) in [5.74, 6) is 0. The van der Waals surface area contributed by atoms with E-state index in [1.165, 1.54) is 0 Å². The van der Waals surface area contributed by atoms with Crippen LogP contribution in [0.2, 0.25) is 0 Å². The van der Waals surface area contributed by atoms with Gasteiger partial charge in [0.1, 0.15) is 0 Å². The van der Waals surface area contributed by atoms with E-state index in [9.17, 15) is 27.5 Å². The van der Waals surface area contributed by atoms with Crippen molar-refractivity contribution in [1.82, 2.24) is 0 Å². The molecule has 1 saturated heterocycles. The van der Waals surface area contributed by atoms with Crippen LogP contribution in [0.25, 0.3) is 0 Å². The summed E-state index contributed by atoms with van der Waals surface area (Å²) in [5.41, 5.74) is -2.69. The van der Waals surface area contributed by atoms with Crippen LogP contribution in [0.15, 0.2) is 18.2 Å². The lowest BCUT2D eigenvalue weighted by Gasteiger charge is -2.32. The van der Waals surface area contributed by atoms with Crippen LogP contribution in [-0.4, -0.2) is 28.1 Å².